The standard InChI is InChI=1S/C22H20N2O5/c1-28-14-8-9-15(18(10-14)29-2)16-11-19(25)23-20-17(22(26)27)12-24(21(16)20)13-6-4-3-5-7-13/h3-10,12,16H,11H2,1-2H3,(H,23,25)(H,26,27)/t16-/m0/s1. The number of hydrogen-bond acceptors (Lipinski definition) is 4. The maximum absolute atomic E-state index is 12.5. The number of ether oxygens (including phenoxy) is 2. The molecule has 7 nitrogen and oxygen atoms in total. The third-order valence-electron chi connectivity index (χ3n) is 5.11. The van der Waals surface area contributed by atoms with Crippen LogP contribution in [0.2, 0.25) is 0 Å². The Hall–Kier alpha value is -3.74. The van der Waals surface area contributed by atoms with Crippen LogP contribution in [0.5, 0.6) is 11.5 Å². The fourth-order valence-electron chi connectivity index (χ4n) is 3.80. The molecule has 1 atom stereocenters. The van der Waals surface area contributed by atoms with Gasteiger partial charge in [0.15, 0.2) is 0 Å². The molecule has 1 amide bonds. The summed E-state index contributed by atoms with van der Waals surface area (Å²) in [7, 11) is 3.13. The SMILES string of the molecule is COc1ccc([C@@H]2CC(=O)Nc3c(C(=O)O)cn(-c4ccccc4)c32)c(OC)c1. The number of fused-ring (bicyclic) bond motifs is 1. The average molecular weight is 392 g/mol. The summed E-state index contributed by atoms with van der Waals surface area (Å²) in [6.45, 7) is 0. The van der Waals surface area contributed by atoms with Crippen LogP contribution in [0.1, 0.15) is 34.0 Å². The molecule has 2 heterocycles. The van der Waals surface area contributed by atoms with Crippen molar-refractivity contribution in [1.29, 1.82) is 0 Å². The van der Waals surface area contributed by atoms with Gasteiger partial charge >= 0.3 is 5.97 Å². The number of carbonyl (C=O) groups excluding carboxylic acids is 1. The second kappa shape index (κ2) is 7.35. The molecular weight excluding hydrogens is 372 g/mol. The number of rotatable bonds is 5. The first-order valence-electron chi connectivity index (χ1n) is 9.09. The Morgan fingerprint density at radius 1 is 1.14 bits per heavy atom. The Labute approximate surface area is 167 Å². The summed E-state index contributed by atoms with van der Waals surface area (Å²) < 4.78 is 12.7. The van der Waals surface area contributed by atoms with E-state index in [1.807, 2.05) is 41.0 Å². The molecule has 148 valence electrons. The van der Waals surface area contributed by atoms with E-state index in [9.17, 15) is 14.7 Å². The predicted molar refractivity (Wildman–Crippen MR) is 107 cm³/mol. The quantitative estimate of drug-likeness (QED) is 0.692. The van der Waals surface area contributed by atoms with E-state index in [1.165, 1.54) is 0 Å². The third kappa shape index (κ3) is 3.20. The third-order valence-corrected chi connectivity index (χ3v) is 5.11. The van der Waals surface area contributed by atoms with Crippen molar-refractivity contribution in [3.8, 4) is 17.2 Å². The molecule has 0 spiro atoms. The molecule has 0 bridgehead atoms. The van der Waals surface area contributed by atoms with Crippen molar-refractivity contribution >= 4 is 17.6 Å². The Morgan fingerprint density at radius 3 is 2.55 bits per heavy atom. The van der Waals surface area contributed by atoms with Crippen LogP contribution >= 0.6 is 0 Å². The first-order chi connectivity index (χ1) is 14.0. The number of benzene rings is 2. The highest BCUT2D eigenvalue weighted by Gasteiger charge is 2.35. The van der Waals surface area contributed by atoms with Gasteiger partial charge in [-0.1, -0.05) is 24.3 Å². The number of hydrogen-bond donors (Lipinski definition) is 2. The molecule has 29 heavy (non-hydrogen) atoms. The normalized spacial score (nSPS) is 15.4. The predicted octanol–water partition coefficient (Wildman–Crippen LogP) is 3.67. The molecular formula is C22H20N2O5. The van der Waals surface area contributed by atoms with Crippen molar-refractivity contribution in [3.05, 3.63) is 71.5 Å². The summed E-state index contributed by atoms with van der Waals surface area (Å²) in [6.07, 6.45) is 1.72. The highest BCUT2D eigenvalue weighted by molar-refractivity contribution is 6.04. The molecule has 4 rings (SSSR count). The van der Waals surface area contributed by atoms with Gasteiger partial charge < -0.3 is 24.5 Å². The van der Waals surface area contributed by atoms with Crippen LogP contribution in [0.15, 0.2) is 54.7 Å². The number of amides is 1. The van der Waals surface area contributed by atoms with Gasteiger partial charge in [-0.05, 0) is 18.2 Å². The van der Waals surface area contributed by atoms with Crippen molar-refractivity contribution in [1.82, 2.24) is 4.57 Å². The maximum atomic E-state index is 12.5. The molecule has 2 N–H and O–H groups in total. The number of carbonyl (C=O) groups is 2. The number of methoxy groups -OCH3 is 2. The summed E-state index contributed by atoms with van der Waals surface area (Å²) in [6, 6.07) is 14.9. The van der Waals surface area contributed by atoms with Crippen LogP contribution in [0, 0.1) is 0 Å². The summed E-state index contributed by atoms with van der Waals surface area (Å²) in [5, 5.41) is 12.5. The molecule has 0 unspecified atom stereocenters. The maximum Gasteiger partial charge on any atom is 0.339 e. The number of carboxylic acids is 1. The first kappa shape index (κ1) is 18.6. The number of carboxylic acid groups (broad SMARTS) is 1. The number of anilines is 1. The van der Waals surface area contributed by atoms with Crippen molar-refractivity contribution in [2.45, 2.75) is 12.3 Å². The fourth-order valence-corrected chi connectivity index (χ4v) is 3.80. The molecule has 2 aromatic carbocycles. The van der Waals surface area contributed by atoms with E-state index in [0.717, 1.165) is 11.3 Å². The minimum absolute atomic E-state index is 0.0504. The van der Waals surface area contributed by atoms with Crippen molar-refractivity contribution in [2.75, 3.05) is 19.5 Å². The van der Waals surface area contributed by atoms with Crippen molar-refractivity contribution in [3.63, 3.8) is 0 Å². The van der Waals surface area contributed by atoms with Gasteiger partial charge in [0.05, 0.1) is 25.6 Å². The average Bonchev–Trinajstić information content (AvgIpc) is 3.13. The Balaban J connectivity index is 1.97. The second-order valence-corrected chi connectivity index (χ2v) is 6.73. The number of nitrogens with zero attached hydrogens (tertiary/aromatic N) is 1. The number of para-hydroxylation sites is 1. The van der Waals surface area contributed by atoms with Gasteiger partial charge in [0.1, 0.15) is 17.1 Å². The van der Waals surface area contributed by atoms with Gasteiger partial charge in [-0.2, -0.15) is 0 Å². The number of nitrogens with one attached hydrogen (secondary N) is 1. The lowest BCUT2D eigenvalue weighted by Gasteiger charge is -2.27. The van der Waals surface area contributed by atoms with Gasteiger partial charge in [-0.15, -0.1) is 0 Å². The van der Waals surface area contributed by atoms with Crippen molar-refractivity contribution in [2.24, 2.45) is 0 Å². The zero-order valence-corrected chi connectivity index (χ0v) is 16.0. The molecule has 0 saturated carbocycles. The van der Waals surface area contributed by atoms with Crippen LogP contribution in [0.4, 0.5) is 5.69 Å². The topological polar surface area (TPSA) is 89.8 Å². The fraction of sp³-hybridized carbons (Fsp3) is 0.182. The van der Waals surface area contributed by atoms with E-state index in [1.54, 1.807) is 32.5 Å². The summed E-state index contributed by atoms with van der Waals surface area (Å²) >= 11 is 0. The summed E-state index contributed by atoms with van der Waals surface area (Å²) in [5.74, 6) is -0.511. The summed E-state index contributed by atoms with van der Waals surface area (Å²) in [5.41, 5.74) is 2.67. The van der Waals surface area contributed by atoms with Crippen LogP contribution in [-0.4, -0.2) is 35.8 Å². The number of aromatic nitrogens is 1. The Bertz CT molecular complexity index is 1090. The Morgan fingerprint density at radius 2 is 1.90 bits per heavy atom. The second-order valence-electron chi connectivity index (χ2n) is 6.73. The molecule has 0 fully saturated rings. The first-order valence-corrected chi connectivity index (χ1v) is 9.09. The smallest absolute Gasteiger partial charge is 0.339 e. The lowest BCUT2D eigenvalue weighted by molar-refractivity contribution is -0.116. The molecule has 1 aromatic heterocycles. The molecule has 7 heteroatoms. The zero-order valence-electron chi connectivity index (χ0n) is 16.0. The molecule has 0 radical (unpaired) electrons. The zero-order chi connectivity index (χ0) is 20.5. The minimum atomic E-state index is -1.10. The molecule has 1 aliphatic rings. The van der Waals surface area contributed by atoms with E-state index in [0.29, 0.717) is 22.9 Å². The van der Waals surface area contributed by atoms with E-state index in [-0.39, 0.29) is 23.8 Å². The van der Waals surface area contributed by atoms with Gasteiger partial charge in [0.25, 0.3) is 0 Å². The monoisotopic (exact) mass is 392 g/mol. The molecule has 0 aliphatic carbocycles. The van der Waals surface area contributed by atoms with Crippen LogP contribution in [-0.2, 0) is 4.79 Å². The summed E-state index contributed by atoms with van der Waals surface area (Å²) in [4.78, 5) is 24.3. The van der Waals surface area contributed by atoms with Gasteiger partial charge in [-0.3, -0.25) is 4.79 Å². The lowest BCUT2D eigenvalue weighted by atomic mass is 9.87. The van der Waals surface area contributed by atoms with E-state index >= 15 is 0 Å². The van der Waals surface area contributed by atoms with E-state index < -0.39 is 5.97 Å². The minimum Gasteiger partial charge on any atom is -0.497 e. The number of aromatic carboxylic acids is 1. The molecule has 0 saturated heterocycles. The Kier molecular flexibility index (Phi) is 4.72. The molecule has 1 aliphatic heterocycles. The highest BCUT2D eigenvalue weighted by atomic mass is 16.5. The van der Waals surface area contributed by atoms with Crippen LogP contribution in [0.25, 0.3) is 5.69 Å². The largest absolute Gasteiger partial charge is 0.497 e. The van der Waals surface area contributed by atoms with E-state index in [4.69, 9.17) is 9.47 Å². The van der Waals surface area contributed by atoms with Crippen molar-refractivity contribution < 1.29 is 24.2 Å². The van der Waals surface area contributed by atoms with Gasteiger partial charge in [0.2, 0.25) is 5.91 Å². The van der Waals surface area contributed by atoms with Gasteiger partial charge in [-0.25, -0.2) is 4.79 Å². The van der Waals surface area contributed by atoms with E-state index in [2.05, 4.69) is 5.32 Å². The lowest BCUT2D eigenvalue weighted by Crippen LogP contribution is -2.25. The van der Waals surface area contributed by atoms with Crippen LogP contribution in [0.3, 0.4) is 0 Å². The molecule has 3 aromatic rings. The highest BCUT2D eigenvalue weighted by Crippen LogP contribution is 2.44. The van der Waals surface area contributed by atoms with Gasteiger partial charge in [0, 0.05) is 35.9 Å². The van der Waals surface area contributed by atoms with Crippen LogP contribution < -0.4 is 14.8 Å².